The molecule has 1 unspecified atom stereocenters. The van der Waals surface area contributed by atoms with Gasteiger partial charge in [0.1, 0.15) is 11.8 Å². The first-order chi connectivity index (χ1) is 16.8. The number of rotatable bonds is 7. The number of carbonyl (C=O) groups is 2. The number of hydrogen-bond acceptors (Lipinski definition) is 5. The van der Waals surface area contributed by atoms with Gasteiger partial charge in [0.15, 0.2) is 0 Å². The van der Waals surface area contributed by atoms with E-state index in [2.05, 4.69) is 10.0 Å². The van der Waals surface area contributed by atoms with Gasteiger partial charge in [0.05, 0.1) is 12.0 Å². The van der Waals surface area contributed by atoms with E-state index in [1.807, 2.05) is 13.0 Å². The number of methoxy groups -OCH3 is 1. The molecule has 35 heavy (non-hydrogen) atoms. The monoisotopic (exact) mass is 493 g/mol. The maximum atomic E-state index is 13.3. The second-order valence-electron chi connectivity index (χ2n) is 8.38. The zero-order valence-corrected chi connectivity index (χ0v) is 20.3. The average molecular weight is 494 g/mol. The molecule has 1 aliphatic rings. The highest BCUT2D eigenvalue weighted by Crippen LogP contribution is 2.24. The van der Waals surface area contributed by atoms with Crippen molar-refractivity contribution >= 4 is 33.2 Å². The van der Waals surface area contributed by atoms with Crippen LogP contribution in [0.4, 0.5) is 11.4 Å². The minimum Gasteiger partial charge on any atom is -0.497 e. The van der Waals surface area contributed by atoms with E-state index in [-0.39, 0.29) is 22.3 Å². The van der Waals surface area contributed by atoms with Crippen LogP contribution < -0.4 is 14.8 Å². The molecule has 3 aromatic rings. The van der Waals surface area contributed by atoms with Gasteiger partial charge in [0.25, 0.3) is 15.9 Å². The van der Waals surface area contributed by atoms with E-state index in [1.54, 1.807) is 55.6 Å². The minimum atomic E-state index is -3.90. The number of anilines is 2. The van der Waals surface area contributed by atoms with Gasteiger partial charge in [0, 0.05) is 23.5 Å². The van der Waals surface area contributed by atoms with Crippen molar-refractivity contribution in [3.63, 3.8) is 0 Å². The fourth-order valence-electron chi connectivity index (χ4n) is 4.07. The SMILES string of the molecule is COc1ccc(NC(=O)C2CCCN2C(=O)c2cccc(S(=O)(=O)Nc3cccc(C)c3)c2)cc1. The highest BCUT2D eigenvalue weighted by Gasteiger charge is 2.35. The summed E-state index contributed by atoms with van der Waals surface area (Å²) >= 11 is 0. The molecule has 0 aromatic heterocycles. The van der Waals surface area contributed by atoms with Crippen molar-refractivity contribution in [2.75, 3.05) is 23.7 Å². The van der Waals surface area contributed by atoms with Crippen LogP contribution in [0, 0.1) is 6.92 Å². The van der Waals surface area contributed by atoms with E-state index in [0.717, 1.165) is 5.56 Å². The molecule has 9 heteroatoms. The van der Waals surface area contributed by atoms with Crippen LogP contribution in [0.3, 0.4) is 0 Å². The number of aryl methyl sites for hydroxylation is 1. The Morgan fingerprint density at radius 3 is 2.43 bits per heavy atom. The number of benzene rings is 3. The number of likely N-dealkylation sites (tertiary alicyclic amines) is 1. The number of nitrogens with one attached hydrogen (secondary N) is 2. The molecule has 1 atom stereocenters. The standard InChI is InChI=1S/C26H27N3O5S/c1-18-6-3-8-21(16-18)28-35(32,33)23-9-4-7-19(17-23)26(31)29-15-5-10-24(29)25(30)27-20-11-13-22(34-2)14-12-20/h3-4,6-9,11-14,16-17,24,28H,5,10,15H2,1-2H3,(H,27,30). The lowest BCUT2D eigenvalue weighted by molar-refractivity contribution is -0.119. The topological polar surface area (TPSA) is 105 Å². The van der Waals surface area contributed by atoms with Crippen molar-refractivity contribution in [3.8, 4) is 5.75 Å². The number of carbonyl (C=O) groups excluding carboxylic acids is 2. The van der Waals surface area contributed by atoms with Crippen LogP contribution in [0.15, 0.2) is 77.7 Å². The van der Waals surface area contributed by atoms with Gasteiger partial charge >= 0.3 is 0 Å². The van der Waals surface area contributed by atoms with Crippen LogP contribution >= 0.6 is 0 Å². The molecule has 1 heterocycles. The van der Waals surface area contributed by atoms with Crippen LogP contribution in [-0.4, -0.2) is 44.8 Å². The summed E-state index contributed by atoms with van der Waals surface area (Å²) in [5.41, 5.74) is 2.17. The summed E-state index contributed by atoms with van der Waals surface area (Å²) in [6.45, 7) is 2.28. The summed E-state index contributed by atoms with van der Waals surface area (Å²) in [6, 6.07) is 19.2. The highest BCUT2D eigenvalue weighted by atomic mass is 32.2. The predicted octanol–water partition coefficient (Wildman–Crippen LogP) is 4.05. The third kappa shape index (κ3) is 5.63. The molecular formula is C26H27N3O5S. The summed E-state index contributed by atoms with van der Waals surface area (Å²) in [5, 5.41) is 2.84. The van der Waals surface area contributed by atoms with E-state index in [0.29, 0.717) is 36.5 Å². The summed E-state index contributed by atoms with van der Waals surface area (Å²) in [4.78, 5) is 27.7. The molecule has 0 radical (unpaired) electrons. The van der Waals surface area contributed by atoms with Crippen molar-refractivity contribution in [2.45, 2.75) is 30.7 Å². The van der Waals surface area contributed by atoms with Crippen molar-refractivity contribution in [1.29, 1.82) is 0 Å². The largest absolute Gasteiger partial charge is 0.497 e. The molecule has 2 N–H and O–H groups in total. The molecular weight excluding hydrogens is 466 g/mol. The number of hydrogen-bond donors (Lipinski definition) is 2. The van der Waals surface area contributed by atoms with E-state index < -0.39 is 16.1 Å². The first-order valence-corrected chi connectivity index (χ1v) is 12.7. The Hall–Kier alpha value is -3.85. The quantitative estimate of drug-likeness (QED) is 0.517. The predicted molar refractivity (Wildman–Crippen MR) is 134 cm³/mol. The first-order valence-electron chi connectivity index (χ1n) is 11.2. The molecule has 0 aliphatic carbocycles. The summed E-state index contributed by atoms with van der Waals surface area (Å²) in [7, 11) is -2.33. The van der Waals surface area contributed by atoms with E-state index in [4.69, 9.17) is 4.74 Å². The molecule has 3 aromatic carbocycles. The maximum Gasteiger partial charge on any atom is 0.261 e. The normalized spacial score (nSPS) is 15.5. The van der Waals surface area contributed by atoms with Crippen molar-refractivity contribution in [2.24, 2.45) is 0 Å². The molecule has 182 valence electrons. The minimum absolute atomic E-state index is 0.0247. The van der Waals surface area contributed by atoms with Crippen LogP contribution in [-0.2, 0) is 14.8 Å². The summed E-state index contributed by atoms with van der Waals surface area (Å²) in [6.07, 6.45) is 1.21. The van der Waals surface area contributed by atoms with Gasteiger partial charge in [-0.15, -0.1) is 0 Å². The zero-order chi connectivity index (χ0) is 25.0. The fraction of sp³-hybridized carbons (Fsp3) is 0.231. The molecule has 1 fully saturated rings. The summed E-state index contributed by atoms with van der Waals surface area (Å²) < 4.78 is 33.5. The Kier molecular flexibility index (Phi) is 7.07. The third-order valence-electron chi connectivity index (χ3n) is 5.84. The molecule has 8 nitrogen and oxygen atoms in total. The van der Waals surface area contributed by atoms with Crippen LogP contribution in [0.2, 0.25) is 0 Å². The average Bonchev–Trinajstić information content (AvgIpc) is 3.34. The van der Waals surface area contributed by atoms with Crippen LogP contribution in [0.25, 0.3) is 0 Å². The number of nitrogens with zero attached hydrogens (tertiary/aromatic N) is 1. The van der Waals surface area contributed by atoms with Gasteiger partial charge in [-0.1, -0.05) is 18.2 Å². The molecule has 0 bridgehead atoms. The van der Waals surface area contributed by atoms with Crippen molar-refractivity contribution in [3.05, 3.63) is 83.9 Å². The third-order valence-corrected chi connectivity index (χ3v) is 7.21. The molecule has 4 rings (SSSR count). The molecule has 2 amide bonds. The van der Waals surface area contributed by atoms with Crippen LogP contribution in [0.5, 0.6) is 5.75 Å². The molecule has 1 saturated heterocycles. The lowest BCUT2D eigenvalue weighted by atomic mass is 10.1. The van der Waals surface area contributed by atoms with E-state index in [1.165, 1.54) is 23.1 Å². The Balaban J connectivity index is 1.50. The van der Waals surface area contributed by atoms with Gasteiger partial charge in [-0.25, -0.2) is 8.42 Å². The molecule has 0 spiro atoms. The number of amides is 2. The van der Waals surface area contributed by atoms with Crippen molar-refractivity contribution < 1.29 is 22.7 Å². The Bertz CT molecular complexity index is 1340. The summed E-state index contributed by atoms with van der Waals surface area (Å²) in [5.74, 6) is 0.00304. The second-order valence-corrected chi connectivity index (χ2v) is 10.1. The van der Waals surface area contributed by atoms with Crippen LogP contribution in [0.1, 0.15) is 28.8 Å². The fourth-order valence-corrected chi connectivity index (χ4v) is 5.16. The first kappa shape index (κ1) is 24.3. The highest BCUT2D eigenvalue weighted by molar-refractivity contribution is 7.92. The van der Waals surface area contributed by atoms with Gasteiger partial charge in [-0.05, 0) is 79.9 Å². The molecule has 1 aliphatic heterocycles. The lowest BCUT2D eigenvalue weighted by Gasteiger charge is -2.24. The maximum absolute atomic E-state index is 13.3. The van der Waals surface area contributed by atoms with E-state index in [9.17, 15) is 18.0 Å². The Morgan fingerprint density at radius 1 is 0.971 bits per heavy atom. The van der Waals surface area contributed by atoms with Crippen molar-refractivity contribution in [1.82, 2.24) is 4.90 Å². The zero-order valence-electron chi connectivity index (χ0n) is 19.5. The van der Waals surface area contributed by atoms with E-state index >= 15 is 0 Å². The number of sulfonamides is 1. The lowest BCUT2D eigenvalue weighted by Crippen LogP contribution is -2.43. The van der Waals surface area contributed by atoms with Gasteiger partial charge in [-0.2, -0.15) is 0 Å². The van der Waals surface area contributed by atoms with Gasteiger partial charge < -0.3 is 15.0 Å². The molecule has 0 saturated carbocycles. The Labute approximate surface area is 205 Å². The Morgan fingerprint density at radius 2 is 1.71 bits per heavy atom. The van der Waals surface area contributed by atoms with Gasteiger partial charge in [0.2, 0.25) is 5.91 Å². The second kappa shape index (κ2) is 10.2. The van der Waals surface area contributed by atoms with Gasteiger partial charge in [-0.3, -0.25) is 14.3 Å². The smallest absolute Gasteiger partial charge is 0.261 e. The number of ether oxygens (including phenoxy) is 1.